The molecule has 0 aliphatic heterocycles. The molecule has 4 aromatic rings. The Morgan fingerprint density at radius 2 is 1.45 bits per heavy atom. The van der Waals surface area contributed by atoms with Gasteiger partial charge < -0.3 is 4.42 Å². The maximum atomic E-state index is 12.2. The highest BCUT2D eigenvalue weighted by molar-refractivity contribution is 5.78. The topological polar surface area (TPSA) is 66.7 Å². The molecule has 0 fully saturated rings. The highest BCUT2D eigenvalue weighted by Crippen LogP contribution is 2.31. The lowest BCUT2D eigenvalue weighted by Gasteiger charge is -2.25. The van der Waals surface area contributed by atoms with Crippen LogP contribution < -0.4 is 14.9 Å². The van der Waals surface area contributed by atoms with Crippen LogP contribution in [0.5, 0.6) is 0 Å². The highest BCUT2D eigenvalue weighted by atomic mass is 16.4. The second-order valence-corrected chi connectivity index (χ2v) is 12.9. The SMILES string of the molecule is Cc1cc[n+](CC(C)(C)c2c[n+](CC(C)(C)c3cccc4oc(=O)n(C)c34)ccc2C#N)cc1C(C)(C)C. The van der Waals surface area contributed by atoms with E-state index in [-0.39, 0.29) is 22.0 Å². The van der Waals surface area contributed by atoms with E-state index in [1.165, 1.54) is 11.1 Å². The summed E-state index contributed by atoms with van der Waals surface area (Å²) in [7, 11) is 1.75. The van der Waals surface area contributed by atoms with E-state index in [0.29, 0.717) is 17.7 Å². The molecule has 0 amide bonds. The maximum Gasteiger partial charge on any atom is 0.419 e. The number of aromatic nitrogens is 3. The van der Waals surface area contributed by atoms with Gasteiger partial charge in [-0.25, -0.2) is 13.9 Å². The smallest absolute Gasteiger partial charge is 0.408 e. The highest BCUT2D eigenvalue weighted by Gasteiger charge is 2.34. The average Bonchev–Trinajstić information content (AvgIpc) is 3.12. The predicted molar refractivity (Wildman–Crippen MR) is 149 cm³/mol. The van der Waals surface area contributed by atoms with Crippen molar-refractivity contribution in [2.24, 2.45) is 7.05 Å². The van der Waals surface area contributed by atoms with E-state index in [4.69, 9.17) is 4.42 Å². The first-order chi connectivity index (χ1) is 17.6. The Kier molecular flexibility index (Phi) is 6.86. The van der Waals surface area contributed by atoms with Crippen LogP contribution >= 0.6 is 0 Å². The molecule has 0 spiro atoms. The number of aryl methyl sites for hydroxylation is 2. The summed E-state index contributed by atoms with van der Waals surface area (Å²) in [5, 5.41) is 9.98. The lowest BCUT2D eigenvalue weighted by molar-refractivity contribution is -0.710. The van der Waals surface area contributed by atoms with Crippen molar-refractivity contribution in [3.63, 3.8) is 0 Å². The number of nitriles is 1. The summed E-state index contributed by atoms with van der Waals surface area (Å²) in [6, 6.07) is 12.3. The van der Waals surface area contributed by atoms with E-state index in [1.54, 1.807) is 11.6 Å². The summed E-state index contributed by atoms with van der Waals surface area (Å²) in [5.41, 5.74) is 6.23. The van der Waals surface area contributed by atoms with Crippen molar-refractivity contribution >= 4 is 11.1 Å². The molecule has 3 heterocycles. The van der Waals surface area contributed by atoms with Gasteiger partial charge in [0.2, 0.25) is 0 Å². The summed E-state index contributed by atoms with van der Waals surface area (Å²) in [6.45, 7) is 19.0. The molecule has 6 heteroatoms. The zero-order valence-corrected chi connectivity index (χ0v) is 24.2. The van der Waals surface area contributed by atoms with Gasteiger partial charge in [-0.2, -0.15) is 5.26 Å². The van der Waals surface area contributed by atoms with Gasteiger partial charge >= 0.3 is 5.76 Å². The van der Waals surface area contributed by atoms with Gasteiger partial charge in [0.25, 0.3) is 0 Å². The van der Waals surface area contributed by atoms with Crippen molar-refractivity contribution in [2.75, 3.05) is 0 Å². The number of hydrogen-bond donors (Lipinski definition) is 0. The summed E-state index contributed by atoms with van der Waals surface area (Å²) < 4.78 is 11.4. The average molecular weight is 513 g/mol. The molecule has 6 nitrogen and oxygen atoms in total. The van der Waals surface area contributed by atoms with Crippen LogP contribution in [-0.2, 0) is 36.4 Å². The van der Waals surface area contributed by atoms with Crippen LogP contribution in [0.15, 0.2) is 64.3 Å². The van der Waals surface area contributed by atoms with E-state index in [9.17, 15) is 10.1 Å². The molecular formula is C32H40N4O2+2. The summed E-state index contributed by atoms with van der Waals surface area (Å²) >= 11 is 0. The quantitative estimate of drug-likeness (QED) is 0.336. The molecule has 38 heavy (non-hydrogen) atoms. The second-order valence-electron chi connectivity index (χ2n) is 12.9. The van der Waals surface area contributed by atoms with Crippen LogP contribution in [-0.4, -0.2) is 4.57 Å². The molecule has 0 aliphatic carbocycles. The minimum absolute atomic E-state index is 0.0533. The monoisotopic (exact) mass is 512 g/mol. The molecular weight excluding hydrogens is 472 g/mol. The van der Waals surface area contributed by atoms with Gasteiger partial charge in [-0.05, 0) is 57.2 Å². The van der Waals surface area contributed by atoms with E-state index in [1.807, 2.05) is 24.4 Å². The van der Waals surface area contributed by atoms with Crippen molar-refractivity contribution in [1.82, 2.24) is 4.57 Å². The van der Waals surface area contributed by atoms with Crippen molar-refractivity contribution in [3.05, 3.63) is 93.5 Å². The number of fused-ring (bicyclic) bond motifs is 1. The fourth-order valence-corrected chi connectivity index (χ4v) is 5.60. The van der Waals surface area contributed by atoms with Crippen LogP contribution in [0.3, 0.4) is 0 Å². The van der Waals surface area contributed by atoms with Gasteiger partial charge in [0, 0.05) is 30.3 Å². The molecule has 0 saturated heterocycles. The number of nitrogens with zero attached hydrogens (tertiary/aromatic N) is 4. The zero-order chi connectivity index (χ0) is 28.0. The van der Waals surface area contributed by atoms with Crippen LogP contribution in [0.25, 0.3) is 11.1 Å². The molecule has 0 saturated carbocycles. The lowest BCUT2D eigenvalue weighted by Crippen LogP contribution is -2.47. The van der Waals surface area contributed by atoms with Gasteiger partial charge in [-0.1, -0.05) is 32.9 Å². The number of benzene rings is 1. The van der Waals surface area contributed by atoms with Crippen molar-refractivity contribution < 1.29 is 13.6 Å². The molecule has 0 aliphatic rings. The molecule has 0 N–H and O–H groups in total. The molecule has 0 radical (unpaired) electrons. The van der Waals surface area contributed by atoms with Gasteiger partial charge in [0.15, 0.2) is 43.5 Å². The Bertz CT molecular complexity index is 1610. The number of hydrogen-bond acceptors (Lipinski definition) is 3. The largest absolute Gasteiger partial charge is 0.419 e. The number of para-hydroxylation sites is 1. The molecule has 4 rings (SSSR count). The Labute approximate surface area is 225 Å². The summed E-state index contributed by atoms with van der Waals surface area (Å²) in [4.78, 5) is 12.2. The number of pyridine rings is 2. The first-order valence-electron chi connectivity index (χ1n) is 13.2. The predicted octanol–water partition coefficient (Wildman–Crippen LogP) is 5.14. The lowest BCUT2D eigenvalue weighted by atomic mass is 9.81. The van der Waals surface area contributed by atoms with E-state index in [0.717, 1.165) is 23.2 Å². The Morgan fingerprint density at radius 1 is 0.868 bits per heavy atom. The minimum atomic E-state index is -0.360. The van der Waals surface area contributed by atoms with Crippen LogP contribution in [0.2, 0.25) is 0 Å². The summed E-state index contributed by atoms with van der Waals surface area (Å²) in [6.07, 6.45) is 8.48. The Balaban J connectivity index is 1.71. The molecule has 0 unspecified atom stereocenters. The van der Waals surface area contributed by atoms with Crippen LogP contribution in [0.4, 0.5) is 0 Å². The molecule has 0 bridgehead atoms. The third-order valence-electron chi connectivity index (χ3n) is 7.60. The van der Waals surface area contributed by atoms with E-state index < -0.39 is 0 Å². The first kappa shape index (κ1) is 27.3. The fraction of sp³-hybridized carbons (Fsp3) is 0.438. The van der Waals surface area contributed by atoms with Crippen molar-refractivity contribution in [3.8, 4) is 6.07 Å². The van der Waals surface area contributed by atoms with Gasteiger partial charge in [0.05, 0.1) is 28.0 Å². The number of oxazole rings is 1. The normalized spacial score (nSPS) is 12.6. The maximum absolute atomic E-state index is 12.2. The van der Waals surface area contributed by atoms with Gasteiger partial charge in [-0.15, -0.1) is 0 Å². The first-order valence-corrected chi connectivity index (χ1v) is 13.2. The van der Waals surface area contributed by atoms with Gasteiger partial charge in [0.1, 0.15) is 0 Å². The molecule has 198 valence electrons. The second kappa shape index (κ2) is 9.54. The van der Waals surface area contributed by atoms with E-state index >= 15 is 0 Å². The van der Waals surface area contributed by atoms with Gasteiger partial charge in [-0.3, -0.25) is 4.57 Å². The molecule has 0 atom stereocenters. The number of rotatable bonds is 6. The van der Waals surface area contributed by atoms with Crippen molar-refractivity contribution in [1.29, 1.82) is 5.26 Å². The minimum Gasteiger partial charge on any atom is -0.408 e. The third kappa shape index (κ3) is 5.15. The van der Waals surface area contributed by atoms with Crippen LogP contribution in [0, 0.1) is 18.3 Å². The standard InChI is InChI=1S/C32H40N4O2/c1-22-13-15-35(18-25(22)30(2,3)4)21-32(7,8)26-19-36(16-14-23(26)17-33)20-31(5,6)24-11-10-12-27-28(24)34(9)29(37)38-27/h10-16,18-19H,20-21H2,1-9H3/q+2. The molecule has 1 aromatic carbocycles. The zero-order valence-electron chi connectivity index (χ0n) is 24.2. The van der Waals surface area contributed by atoms with E-state index in [2.05, 4.69) is 101 Å². The van der Waals surface area contributed by atoms with Crippen molar-refractivity contribution in [2.45, 2.75) is 84.7 Å². The third-order valence-corrected chi connectivity index (χ3v) is 7.60. The fourth-order valence-electron chi connectivity index (χ4n) is 5.60. The molecule has 3 aromatic heterocycles. The summed E-state index contributed by atoms with van der Waals surface area (Å²) in [5.74, 6) is -0.360. The Morgan fingerprint density at radius 3 is 2.05 bits per heavy atom. The van der Waals surface area contributed by atoms with Crippen LogP contribution in [0.1, 0.15) is 76.3 Å². The Hall–Kier alpha value is -3.72.